The number of hydrogen-bond donors (Lipinski definition) is 2. The van der Waals surface area contributed by atoms with Gasteiger partial charge in [0.2, 0.25) is 5.91 Å². The Morgan fingerprint density at radius 1 is 1.17 bits per heavy atom. The van der Waals surface area contributed by atoms with Crippen LogP contribution in [0.3, 0.4) is 0 Å². The Hall–Kier alpha value is -2.60. The van der Waals surface area contributed by atoms with Gasteiger partial charge in [0.1, 0.15) is 5.82 Å². The standard InChI is InChI=1S/C22H25ClFN3O2/c23-18-6-1-4-17(12-18)14-25-21(28)10-9-16-5-3-11-27(15-16)22(29)26-20-8-2-7-19(24)13-20/h1-2,4,6-8,12-13,16H,3,5,9-11,14-15H2,(H,25,28)(H,26,29)/t16-/m1/s1. The van der Waals surface area contributed by atoms with Crippen LogP contribution in [0.15, 0.2) is 48.5 Å². The lowest BCUT2D eigenvalue weighted by Gasteiger charge is -2.32. The van der Waals surface area contributed by atoms with E-state index in [0.717, 1.165) is 24.8 Å². The highest BCUT2D eigenvalue weighted by molar-refractivity contribution is 6.30. The maximum Gasteiger partial charge on any atom is 0.321 e. The summed E-state index contributed by atoms with van der Waals surface area (Å²) in [6.07, 6.45) is 3.03. The first-order valence-corrected chi connectivity index (χ1v) is 10.2. The number of urea groups is 1. The van der Waals surface area contributed by atoms with Gasteiger partial charge < -0.3 is 15.5 Å². The number of amides is 3. The molecule has 2 N–H and O–H groups in total. The monoisotopic (exact) mass is 417 g/mol. The van der Waals surface area contributed by atoms with Gasteiger partial charge in [0.15, 0.2) is 0 Å². The highest BCUT2D eigenvalue weighted by Gasteiger charge is 2.24. The lowest BCUT2D eigenvalue weighted by Crippen LogP contribution is -2.42. The van der Waals surface area contributed by atoms with E-state index in [4.69, 9.17) is 11.6 Å². The largest absolute Gasteiger partial charge is 0.352 e. The van der Waals surface area contributed by atoms with Crippen LogP contribution in [-0.2, 0) is 11.3 Å². The Morgan fingerprint density at radius 2 is 2.00 bits per heavy atom. The average Bonchev–Trinajstić information content (AvgIpc) is 2.71. The number of rotatable bonds is 6. The van der Waals surface area contributed by atoms with Gasteiger partial charge in [-0.05, 0) is 61.1 Å². The Balaban J connectivity index is 1.42. The molecule has 1 aliphatic heterocycles. The van der Waals surface area contributed by atoms with Crippen molar-refractivity contribution in [2.24, 2.45) is 5.92 Å². The number of anilines is 1. The van der Waals surface area contributed by atoms with Gasteiger partial charge in [-0.3, -0.25) is 4.79 Å². The fraction of sp³-hybridized carbons (Fsp3) is 0.364. The molecule has 7 heteroatoms. The third kappa shape index (κ3) is 6.75. The maximum absolute atomic E-state index is 13.3. The van der Waals surface area contributed by atoms with Crippen molar-refractivity contribution in [2.45, 2.75) is 32.2 Å². The van der Waals surface area contributed by atoms with Gasteiger partial charge in [0, 0.05) is 36.8 Å². The Kier molecular flexibility index (Phi) is 7.47. The van der Waals surface area contributed by atoms with Gasteiger partial charge in [-0.25, -0.2) is 9.18 Å². The number of halogens is 2. The maximum atomic E-state index is 13.3. The minimum absolute atomic E-state index is 0.00805. The molecule has 154 valence electrons. The molecule has 0 aliphatic carbocycles. The third-order valence-corrected chi connectivity index (χ3v) is 5.28. The molecular weight excluding hydrogens is 393 g/mol. The van der Waals surface area contributed by atoms with Crippen LogP contribution in [0.2, 0.25) is 5.02 Å². The van der Waals surface area contributed by atoms with Crippen LogP contribution < -0.4 is 10.6 Å². The van der Waals surface area contributed by atoms with E-state index in [1.54, 1.807) is 23.1 Å². The van der Waals surface area contributed by atoms with Gasteiger partial charge >= 0.3 is 6.03 Å². The predicted molar refractivity (Wildman–Crippen MR) is 112 cm³/mol. The average molecular weight is 418 g/mol. The van der Waals surface area contributed by atoms with Crippen molar-refractivity contribution < 1.29 is 14.0 Å². The van der Waals surface area contributed by atoms with E-state index >= 15 is 0 Å². The van der Waals surface area contributed by atoms with Crippen molar-refractivity contribution in [3.05, 3.63) is 64.9 Å². The molecule has 1 atom stereocenters. The number of carbonyl (C=O) groups is 2. The zero-order valence-corrected chi connectivity index (χ0v) is 16.9. The molecular formula is C22H25ClFN3O2. The number of nitrogens with zero attached hydrogens (tertiary/aromatic N) is 1. The Labute approximate surface area is 175 Å². The molecule has 5 nitrogen and oxygen atoms in total. The summed E-state index contributed by atoms with van der Waals surface area (Å²) < 4.78 is 13.3. The summed E-state index contributed by atoms with van der Waals surface area (Å²) in [6, 6.07) is 13.0. The van der Waals surface area contributed by atoms with Crippen molar-refractivity contribution in [1.82, 2.24) is 10.2 Å². The second-order valence-electron chi connectivity index (χ2n) is 7.34. The molecule has 3 rings (SSSR count). The summed E-state index contributed by atoms with van der Waals surface area (Å²) >= 11 is 5.95. The number of carbonyl (C=O) groups excluding carboxylic acids is 2. The molecule has 1 aliphatic rings. The van der Waals surface area contributed by atoms with Crippen LogP contribution in [0, 0.1) is 11.7 Å². The van der Waals surface area contributed by atoms with Crippen LogP contribution in [0.5, 0.6) is 0 Å². The van der Waals surface area contributed by atoms with Crippen molar-refractivity contribution in [1.29, 1.82) is 0 Å². The number of hydrogen-bond acceptors (Lipinski definition) is 2. The van der Waals surface area contributed by atoms with Gasteiger partial charge in [0.25, 0.3) is 0 Å². The van der Waals surface area contributed by atoms with E-state index in [0.29, 0.717) is 36.8 Å². The SMILES string of the molecule is O=C(CC[C@H]1CCCN(C(=O)Nc2cccc(F)c2)C1)NCc1cccc(Cl)c1. The van der Waals surface area contributed by atoms with Crippen LogP contribution in [-0.4, -0.2) is 29.9 Å². The van der Waals surface area contributed by atoms with Crippen LogP contribution >= 0.6 is 11.6 Å². The van der Waals surface area contributed by atoms with Crippen LogP contribution in [0.4, 0.5) is 14.9 Å². The van der Waals surface area contributed by atoms with Gasteiger partial charge in [-0.15, -0.1) is 0 Å². The second-order valence-corrected chi connectivity index (χ2v) is 7.78. The fourth-order valence-electron chi connectivity index (χ4n) is 3.53. The lowest BCUT2D eigenvalue weighted by molar-refractivity contribution is -0.121. The highest BCUT2D eigenvalue weighted by Crippen LogP contribution is 2.22. The molecule has 2 aromatic carbocycles. The Bertz CT molecular complexity index is 861. The molecule has 29 heavy (non-hydrogen) atoms. The minimum atomic E-state index is -0.386. The molecule has 0 radical (unpaired) electrons. The lowest BCUT2D eigenvalue weighted by atomic mass is 9.93. The van der Waals surface area contributed by atoms with Crippen molar-refractivity contribution in [3.8, 4) is 0 Å². The van der Waals surface area contributed by atoms with Gasteiger partial charge in [-0.1, -0.05) is 29.8 Å². The van der Waals surface area contributed by atoms with Crippen LogP contribution in [0.1, 0.15) is 31.2 Å². The summed E-state index contributed by atoms with van der Waals surface area (Å²) in [6.45, 7) is 1.72. The quantitative estimate of drug-likeness (QED) is 0.707. The molecule has 1 fully saturated rings. The summed E-state index contributed by atoms with van der Waals surface area (Å²) in [4.78, 5) is 26.4. The number of likely N-dealkylation sites (tertiary alicyclic amines) is 1. The molecule has 0 saturated carbocycles. The van der Waals surface area contributed by atoms with Gasteiger partial charge in [-0.2, -0.15) is 0 Å². The first-order chi connectivity index (χ1) is 14.0. The van der Waals surface area contributed by atoms with E-state index in [9.17, 15) is 14.0 Å². The number of benzene rings is 2. The van der Waals surface area contributed by atoms with E-state index < -0.39 is 0 Å². The van der Waals surface area contributed by atoms with Gasteiger partial charge in [0.05, 0.1) is 0 Å². The van der Waals surface area contributed by atoms with E-state index in [1.807, 2.05) is 18.2 Å². The van der Waals surface area contributed by atoms with E-state index in [2.05, 4.69) is 10.6 Å². The summed E-state index contributed by atoms with van der Waals surface area (Å²) in [7, 11) is 0. The van der Waals surface area contributed by atoms with E-state index in [1.165, 1.54) is 12.1 Å². The van der Waals surface area contributed by atoms with Crippen molar-refractivity contribution >= 4 is 29.2 Å². The highest BCUT2D eigenvalue weighted by atomic mass is 35.5. The Morgan fingerprint density at radius 3 is 2.79 bits per heavy atom. The number of piperidine rings is 1. The summed E-state index contributed by atoms with van der Waals surface area (Å²) in [5, 5.41) is 6.30. The fourth-order valence-corrected chi connectivity index (χ4v) is 3.74. The molecule has 1 saturated heterocycles. The smallest absolute Gasteiger partial charge is 0.321 e. The van der Waals surface area contributed by atoms with E-state index in [-0.39, 0.29) is 23.7 Å². The number of nitrogens with one attached hydrogen (secondary N) is 2. The molecule has 3 amide bonds. The molecule has 2 aromatic rings. The normalized spacial score (nSPS) is 16.3. The molecule has 0 spiro atoms. The molecule has 0 bridgehead atoms. The molecule has 1 heterocycles. The van der Waals surface area contributed by atoms with Crippen molar-refractivity contribution in [2.75, 3.05) is 18.4 Å². The first kappa shape index (κ1) is 21.1. The zero-order valence-electron chi connectivity index (χ0n) is 16.2. The van der Waals surface area contributed by atoms with Crippen LogP contribution in [0.25, 0.3) is 0 Å². The minimum Gasteiger partial charge on any atom is -0.352 e. The summed E-state index contributed by atoms with van der Waals surface area (Å²) in [5.74, 6) is -0.117. The first-order valence-electron chi connectivity index (χ1n) is 9.82. The van der Waals surface area contributed by atoms with Crippen molar-refractivity contribution in [3.63, 3.8) is 0 Å². The second kappa shape index (κ2) is 10.3. The summed E-state index contributed by atoms with van der Waals surface area (Å²) in [5.41, 5.74) is 1.40. The zero-order chi connectivity index (χ0) is 20.6. The topological polar surface area (TPSA) is 61.4 Å². The molecule has 0 unspecified atom stereocenters. The molecule has 0 aromatic heterocycles. The predicted octanol–water partition coefficient (Wildman–Crippen LogP) is 4.82. The third-order valence-electron chi connectivity index (χ3n) is 5.04.